The highest BCUT2D eigenvalue weighted by atomic mass is 16.5. The third kappa shape index (κ3) is 2.59. The van der Waals surface area contributed by atoms with Crippen LogP contribution in [0.4, 0.5) is 0 Å². The molecule has 0 atom stereocenters. The summed E-state index contributed by atoms with van der Waals surface area (Å²) in [5.41, 5.74) is 1.13. The number of carbonyl (C=O) groups excluding carboxylic acids is 1. The molecular formula is C12H15O2. The van der Waals surface area contributed by atoms with E-state index in [1.54, 1.807) is 6.29 Å². The molecule has 0 aromatic heterocycles. The van der Waals surface area contributed by atoms with Crippen LogP contribution >= 0.6 is 0 Å². The molecule has 14 heavy (non-hydrogen) atoms. The van der Waals surface area contributed by atoms with Gasteiger partial charge in [0.2, 0.25) is 6.29 Å². The Labute approximate surface area is 84.9 Å². The highest BCUT2D eigenvalue weighted by Crippen LogP contribution is 2.30. The fourth-order valence-corrected chi connectivity index (χ4v) is 1.32. The summed E-state index contributed by atoms with van der Waals surface area (Å²) in [6.45, 7) is 6.33. The molecule has 1 aromatic rings. The summed E-state index contributed by atoms with van der Waals surface area (Å²) in [6.07, 6.45) is 1.72. The summed E-state index contributed by atoms with van der Waals surface area (Å²) in [7, 11) is 0. The lowest BCUT2D eigenvalue weighted by Crippen LogP contribution is -2.13. The van der Waals surface area contributed by atoms with Crippen molar-refractivity contribution in [1.82, 2.24) is 0 Å². The van der Waals surface area contributed by atoms with Crippen molar-refractivity contribution >= 4 is 6.29 Å². The molecule has 1 aromatic carbocycles. The highest BCUT2D eigenvalue weighted by Gasteiger charge is 2.17. The minimum atomic E-state index is -0.00685. The molecule has 0 spiro atoms. The number of rotatable bonds is 3. The molecule has 2 heteroatoms. The summed E-state index contributed by atoms with van der Waals surface area (Å²) < 4.78 is 5.29. The van der Waals surface area contributed by atoms with Crippen LogP contribution < -0.4 is 4.74 Å². The lowest BCUT2D eigenvalue weighted by atomic mass is 9.86. The lowest BCUT2D eigenvalue weighted by molar-refractivity contribution is 0.353. The molecule has 0 aliphatic heterocycles. The number of para-hydroxylation sites is 1. The van der Waals surface area contributed by atoms with Gasteiger partial charge in [-0.25, -0.2) is 0 Å². The Kier molecular flexibility index (Phi) is 3.28. The zero-order chi connectivity index (χ0) is 10.6. The van der Waals surface area contributed by atoms with Gasteiger partial charge in [0.1, 0.15) is 5.75 Å². The van der Waals surface area contributed by atoms with E-state index >= 15 is 0 Å². The highest BCUT2D eigenvalue weighted by molar-refractivity contribution is 5.53. The normalized spacial score (nSPS) is 11.1. The quantitative estimate of drug-likeness (QED) is 0.733. The van der Waals surface area contributed by atoms with Gasteiger partial charge in [-0.3, -0.25) is 4.79 Å². The van der Waals surface area contributed by atoms with Crippen molar-refractivity contribution in [3.63, 3.8) is 0 Å². The molecule has 0 amide bonds. The Morgan fingerprint density at radius 2 is 1.93 bits per heavy atom. The second kappa shape index (κ2) is 4.27. The van der Waals surface area contributed by atoms with E-state index in [4.69, 9.17) is 4.74 Å². The fourth-order valence-electron chi connectivity index (χ4n) is 1.32. The third-order valence-electron chi connectivity index (χ3n) is 1.98. The number of hydrogen-bond acceptors (Lipinski definition) is 2. The van der Waals surface area contributed by atoms with E-state index in [9.17, 15) is 4.79 Å². The van der Waals surface area contributed by atoms with E-state index < -0.39 is 0 Å². The van der Waals surface area contributed by atoms with Crippen LogP contribution in [0.25, 0.3) is 0 Å². The average Bonchev–Trinajstić information content (AvgIpc) is 2.14. The van der Waals surface area contributed by atoms with E-state index in [-0.39, 0.29) is 12.0 Å². The van der Waals surface area contributed by atoms with Gasteiger partial charge in [0.25, 0.3) is 0 Å². The maximum absolute atomic E-state index is 10.1. The minimum Gasteiger partial charge on any atom is -0.485 e. The summed E-state index contributed by atoms with van der Waals surface area (Å²) in [5.74, 6) is 0.767. The Morgan fingerprint density at radius 1 is 1.29 bits per heavy atom. The van der Waals surface area contributed by atoms with Crippen LogP contribution in [0.15, 0.2) is 24.3 Å². The van der Waals surface area contributed by atoms with Crippen molar-refractivity contribution in [2.45, 2.75) is 26.2 Å². The second-order valence-corrected chi connectivity index (χ2v) is 4.18. The van der Waals surface area contributed by atoms with Crippen LogP contribution in [-0.2, 0) is 10.2 Å². The number of hydrogen-bond donors (Lipinski definition) is 0. The molecule has 0 saturated carbocycles. The Balaban J connectivity index is 2.97. The second-order valence-electron chi connectivity index (χ2n) is 4.18. The molecule has 0 bridgehead atoms. The third-order valence-corrected chi connectivity index (χ3v) is 1.98. The molecule has 0 N–H and O–H groups in total. The van der Waals surface area contributed by atoms with Crippen molar-refractivity contribution in [3.8, 4) is 5.75 Å². The molecule has 0 heterocycles. The van der Waals surface area contributed by atoms with E-state index in [0.717, 1.165) is 11.3 Å². The Hall–Kier alpha value is -1.31. The van der Waals surface area contributed by atoms with E-state index in [0.29, 0.717) is 0 Å². The van der Waals surface area contributed by atoms with Gasteiger partial charge in [0.15, 0.2) is 6.61 Å². The molecule has 75 valence electrons. The van der Waals surface area contributed by atoms with Crippen LogP contribution in [-0.4, -0.2) is 12.9 Å². The van der Waals surface area contributed by atoms with Crippen molar-refractivity contribution in [1.29, 1.82) is 0 Å². The monoisotopic (exact) mass is 191 g/mol. The van der Waals surface area contributed by atoms with Crippen molar-refractivity contribution < 1.29 is 9.53 Å². The lowest BCUT2D eigenvalue weighted by Gasteiger charge is -2.21. The Morgan fingerprint density at radius 3 is 2.50 bits per heavy atom. The summed E-state index contributed by atoms with van der Waals surface area (Å²) in [6, 6.07) is 7.76. The van der Waals surface area contributed by atoms with Gasteiger partial charge in [0, 0.05) is 0 Å². The summed E-state index contributed by atoms with van der Waals surface area (Å²) in [4.78, 5) is 10.1. The summed E-state index contributed by atoms with van der Waals surface area (Å²) in [5, 5.41) is 0. The molecule has 1 radical (unpaired) electrons. The summed E-state index contributed by atoms with van der Waals surface area (Å²) >= 11 is 0. The molecular weight excluding hydrogens is 176 g/mol. The average molecular weight is 191 g/mol. The smallest absolute Gasteiger partial charge is 0.239 e. The zero-order valence-electron chi connectivity index (χ0n) is 8.83. The van der Waals surface area contributed by atoms with Crippen LogP contribution in [0.1, 0.15) is 26.3 Å². The SMILES string of the molecule is CC(C)(C)c1ccccc1OC[C]=O. The van der Waals surface area contributed by atoms with Crippen molar-refractivity contribution in [2.24, 2.45) is 0 Å². The van der Waals surface area contributed by atoms with Crippen LogP contribution in [0.5, 0.6) is 5.75 Å². The van der Waals surface area contributed by atoms with Gasteiger partial charge in [-0.1, -0.05) is 39.0 Å². The molecule has 0 unspecified atom stereocenters. The van der Waals surface area contributed by atoms with E-state index in [1.165, 1.54) is 0 Å². The molecule has 0 aliphatic carbocycles. The van der Waals surface area contributed by atoms with Crippen LogP contribution in [0, 0.1) is 0 Å². The van der Waals surface area contributed by atoms with Crippen molar-refractivity contribution in [3.05, 3.63) is 29.8 Å². The predicted molar refractivity (Wildman–Crippen MR) is 56.3 cm³/mol. The molecule has 0 aliphatic rings. The van der Waals surface area contributed by atoms with Crippen LogP contribution in [0.3, 0.4) is 0 Å². The van der Waals surface area contributed by atoms with Gasteiger partial charge >= 0.3 is 0 Å². The first-order chi connectivity index (χ1) is 6.55. The maximum Gasteiger partial charge on any atom is 0.239 e. The first-order valence-electron chi connectivity index (χ1n) is 4.63. The molecule has 1 rings (SSSR count). The largest absolute Gasteiger partial charge is 0.485 e. The molecule has 2 nitrogen and oxygen atoms in total. The molecule has 0 fully saturated rings. The number of ether oxygens (including phenoxy) is 1. The van der Waals surface area contributed by atoms with Gasteiger partial charge in [-0.2, -0.15) is 0 Å². The first kappa shape index (κ1) is 10.8. The minimum absolute atomic E-state index is 0.00685. The maximum atomic E-state index is 10.1. The fraction of sp³-hybridized carbons (Fsp3) is 0.417. The molecule has 0 saturated heterocycles. The number of benzene rings is 1. The van der Waals surface area contributed by atoms with Crippen molar-refractivity contribution in [2.75, 3.05) is 6.61 Å². The van der Waals surface area contributed by atoms with Gasteiger partial charge < -0.3 is 4.74 Å². The standard InChI is InChI=1S/C12H15O2/c1-12(2,3)10-6-4-5-7-11(10)14-9-8-13/h4-7H,9H2,1-3H3. The van der Waals surface area contributed by atoms with E-state index in [2.05, 4.69) is 20.8 Å². The zero-order valence-corrected chi connectivity index (χ0v) is 8.83. The van der Waals surface area contributed by atoms with Gasteiger partial charge in [0.05, 0.1) is 0 Å². The Bertz CT molecular complexity index is 310. The predicted octanol–water partition coefficient (Wildman–Crippen LogP) is 2.47. The van der Waals surface area contributed by atoms with Gasteiger partial charge in [-0.05, 0) is 17.0 Å². The first-order valence-corrected chi connectivity index (χ1v) is 4.63. The van der Waals surface area contributed by atoms with E-state index in [1.807, 2.05) is 24.3 Å². The van der Waals surface area contributed by atoms with Gasteiger partial charge in [-0.15, -0.1) is 0 Å². The topological polar surface area (TPSA) is 26.3 Å². The van der Waals surface area contributed by atoms with Crippen LogP contribution in [0.2, 0.25) is 0 Å².